The number of nitrogens with zero attached hydrogens (tertiary/aromatic N) is 4. The molecule has 1 saturated heterocycles. The van der Waals surface area contributed by atoms with Crippen LogP contribution in [0, 0.1) is 0 Å². The molecule has 1 aromatic carbocycles. The van der Waals surface area contributed by atoms with Gasteiger partial charge < -0.3 is 14.5 Å². The molecule has 1 unspecified atom stereocenters. The first-order chi connectivity index (χ1) is 15.2. The number of allylic oxidation sites excluding steroid dienone is 1. The third-order valence-electron chi connectivity index (χ3n) is 5.79. The number of hydrogen-bond acceptors (Lipinski definition) is 5. The van der Waals surface area contributed by atoms with Crippen LogP contribution in [0.2, 0.25) is 5.02 Å². The number of benzene rings is 1. The van der Waals surface area contributed by atoms with E-state index in [0.717, 1.165) is 51.1 Å². The van der Waals surface area contributed by atoms with E-state index in [2.05, 4.69) is 14.9 Å². The molecular formula is C23H26Cl2N4O2. The number of hydrogen-bond donors (Lipinski definition) is 0. The van der Waals surface area contributed by atoms with E-state index < -0.39 is 0 Å². The van der Waals surface area contributed by atoms with Crippen LogP contribution in [0.3, 0.4) is 0 Å². The van der Waals surface area contributed by atoms with E-state index in [1.165, 1.54) is 0 Å². The fourth-order valence-electron chi connectivity index (χ4n) is 4.19. The molecule has 0 N–H and O–H groups in total. The molecule has 0 bridgehead atoms. The summed E-state index contributed by atoms with van der Waals surface area (Å²) in [5.41, 5.74) is 1.17. The van der Waals surface area contributed by atoms with E-state index in [0.29, 0.717) is 34.5 Å². The number of alkyl halides is 1. The van der Waals surface area contributed by atoms with E-state index in [1.54, 1.807) is 29.4 Å². The highest BCUT2D eigenvalue weighted by atomic mass is 35.5. The molecule has 2 aliphatic heterocycles. The third kappa shape index (κ3) is 5.37. The van der Waals surface area contributed by atoms with Crippen LogP contribution in [-0.4, -0.2) is 57.7 Å². The van der Waals surface area contributed by atoms with E-state index >= 15 is 0 Å². The zero-order chi connectivity index (χ0) is 21.6. The SMILES string of the molecule is O=C1c2ccc(Cl)cc2OC=C(CCl)N1CCCCN1CCCC(c2ncccn2)C1. The van der Waals surface area contributed by atoms with Gasteiger partial charge in [0.05, 0.1) is 17.1 Å². The second kappa shape index (κ2) is 10.4. The second-order valence-electron chi connectivity index (χ2n) is 7.91. The first-order valence-electron chi connectivity index (χ1n) is 10.7. The molecule has 4 rings (SSSR count). The van der Waals surface area contributed by atoms with Gasteiger partial charge in [-0.1, -0.05) is 11.6 Å². The maximum Gasteiger partial charge on any atom is 0.261 e. The summed E-state index contributed by atoms with van der Waals surface area (Å²) in [6.45, 7) is 3.68. The Balaban J connectivity index is 1.32. The number of ether oxygens (including phenoxy) is 1. The molecule has 0 saturated carbocycles. The van der Waals surface area contributed by atoms with E-state index in [9.17, 15) is 4.79 Å². The van der Waals surface area contributed by atoms with Gasteiger partial charge in [-0.15, -0.1) is 11.6 Å². The highest BCUT2D eigenvalue weighted by Crippen LogP contribution is 2.30. The largest absolute Gasteiger partial charge is 0.462 e. The molecule has 6 nitrogen and oxygen atoms in total. The van der Waals surface area contributed by atoms with Gasteiger partial charge in [0.2, 0.25) is 0 Å². The van der Waals surface area contributed by atoms with E-state index in [-0.39, 0.29) is 11.8 Å². The number of rotatable bonds is 7. The second-order valence-corrected chi connectivity index (χ2v) is 8.62. The third-order valence-corrected chi connectivity index (χ3v) is 6.30. The number of likely N-dealkylation sites (tertiary alicyclic amines) is 1. The van der Waals surface area contributed by atoms with E-state index in [1.807, 2.05) is 18.5 Å². The van der Waals surface area contributed by atoms with Gasteiger partial charge >= 0.3 is 0 Å². The Bertz CT molecular complexity index is 938. The minimum Gasteiger partial charge on any atom is -0.462 e. The van der Waals surface area contributed by atoms with Gasteiger partial charge in [0, 0.05) is 42.5 Å². The normalized spacial score (nSPS) is 19.4. The van der Waals surface area contributed by atoms with Crippen LogP contribution in [0.4, 0.5) is 0 Å². The Kier molecular flexibility index (Phi) is 7.43. The predicted octanol–water partition coefficient (Wildman–Crippen LogP) is 4.70. The molecule has 1 amide bonds. The van der Waals surface area contributed by atoms with Crippen LogP contribution < -0.4 is 4.74 Å². The molecule has 2 aromatic rings. The topological polar surface area (TPSA) is 58.6 Å². The number of aromatic nitrogens is 2. The van der Waals surface area contributed by atoms with Crippen molar-refractivity contribution in [2.75, 3.05) is 32.1 Å². The summed E-state index contributed by atoms with van der Waals surface area (Å²) < 4.78 is 5.68. The smallest absolute Gasteiger partial charge is 0.261 e. The molecule has 1 fully saturated rings. The summed E-state index contributed by atoms with van der Waals surface area (Å²) in [6, 6.07) is 6.92. The van der Waals surface area contributed by atoms with Crippen LogP contribution in [0.15, 0.2) is 48.6 Å². The first-order valence-corrected chi connectivity index (χ1v) is 11.6. The van der Waals surface area contributed by atoms with Crippen LogP contribution in [-0.2, 0) is 0 Å². The Hall–Kier alpha value is -2.15. The molecule has 164 valence electrons. The summed E-state index contributed by atoms with van der Waals surface area (Å²) >= 11 is 12.2. The molecule has 1 aromatic heterocycles. The summed E-state index contributed by atoms with van der Waals surface area (Å²) in [5, 5.41) is 0.529. The van der Waals surface area contributed by atoms with Crippen LogP contribution >= 0.6 is 23.2 Å². The lowest BCUT2D eigenvalue weighted by Gasteiger charge is -2.32. The van der Waals surface area contributed by atoms with Crippen LogP contribution in [0.5, 0.6) is 5.75 Å². The van der Waals surface area contributed by atoms with Crippen molar-refractivity contribution in [2.24, 2.45) is 0 Å². The highest BCUT2D eigenvalue weighted by Gasteiger charge is 2.26. The molecule has 0 aliphatic carbocycles. The fraction of sp³-hybridized carbons (Fsp3) is 0.435. The summed E-state index contributed by atoms with van der Waals surface area (Å²) in [5.74, 6) is 1.91. The van der Waals surface area contributed by atoms with Gasteiger partial charge in [-0.3, -0.25) is 4.79 Å². The van der Waals surface area contributed by atoms with Gasteiger partial charge in [-0.05, 0) is 57.0 Å². The molecule has 0 radical (unpaired) electrons. The minimum absolute atomic E-state index is 0.102. The standard InChI is InChI=1S/C23H26Cl2N4O2/c24-14-19-16-31-21-13-18(25)6-7-20(21)23(30)29(19)12-2-1-10-28-11-3-5-17(15-28)22-26-8-4-9-27-22/h4,6-9,13,16-17H,1-3,5,10-12,14-15H2. The first kappa shape index (κ1) is 22.1. The van der Waals surface area contributed by atoms with Crippen molar-refractivity contribution in [2.45, 2.75) is 31.6 Å². The molecule has 31 heavy (non-hydrogen) atoms. The molecule has 3 heterocycles. The Morgan fingerprint density at radius 2 is 1.97 bits per heavy atom. The summed E-state index contributed by atoms with van der Waals surface area (Å²) in [7, 11) is 0. The number of piperidine rings is 1. The van der Waals surface area contributed by atoms with Crippen molar-refractivity contribution >= 4 is 29.1 Å². The number of unbranched alkanes of at least 4 members (excludes halogenated alkanes) is 1. The number of fused-ring (bicyclic) bond motifs is 1. The zero-order valence-electron chi connectivity index (χ0n) is 17.3. The average Bonchev–Trinajstić information content (AvgIpc) is 2.93. The van der Waals surface area contributed by atoms with Crippen molar-refractivity contribution in [3.8, 4) is 5.75 Å². The minimum atomic E-state index is -0.102. The van der Waals surface area contributed by atoms with E-state index in [4.69, 9.17) is 27.9 Å². The molecule has 1 atom stereocenters. The lowest BCUT2D eigenvalue weighted by Crippen LogP contribution is -2.36. The molecule has 0 spiro atoms. The lowest BCUT2D eigenvalue weighted by atomic mass is 9.97. The van der Waals surface area contributed by atoms with Gasteiger partial charge in [0.15, 0.2) is 0 Å². The maximum absolute atomic E-state index is 13.1. The highest BCUT2D eigenvalue weighted by molar-refractivity contribution is 6.30. The van der Waals surface area contributed by atoms with Crippen molar-refractivity contribution < 1.29 is 9.53 Å². The number of halogens is 2. The lowest BCUT2D eigenvalue weighted by molar-refractivity contribution is 0.0804. The molecule has 2 aliphatic rings. The van der Waals surface area contributed by atoms with Crippen molar-refractivity contribution in [3.63, 3.8) is 0 Å². The van der Waals surface area contributed by atoms with Crippen LogP contribution in [0.1, 0.15) is 47.8 Å². The number of carbonyl (C=O) groups is 1. The zero-order valence-corrected chi connectivity index (χ0v) is 18.9. The summed E-state index contributed by atoms with van der Waals surface area (Å²) in [4.78, 5) is 26.2. The maximum atomic E-state index is 13.1. The predicted molar refractivity (Wildman–Crippen MR) is 122 cm³/mol. The van der Waals surface area contributed by atoms with Crippen molar-refractivity contribution in [1.29, 1.82) is 0 Å². The Morgan fingerprint density at radius 3 is 2.77 bits per heavy atom. The average molecular weight is 461 g/mol. The Morgan fingerprint density at radius 1 is 1.16 bits per heavy atom. The van der Waals surface area contributed by atoms with Crippen LogP contribution in [0.25, 0.3) is 0 Å². The Labute approximate surface area is 192 Å². The summed E-state index contributed by atoms with van der Waals surface area (Å²) in [6.07, 6.45) is 9.36. The quantitative estimate of drug-likeness (QED) is 0.442. The van der Waals surface area contributed by atoms with Crippen molar-refractivity contribution in [1.82, 2.24) is 19.8 Å². The van der Waals surface area contributed by atoms with Gasteiger partial charge in [0.25, 0.3) is 5.91 Å². The van der Waals surface area contributed by atoms with Gasteiger partial charge in [0.1, 0.15) is 17.8 Å². The fourth-order valence-corrected chi connectivity index (χ4v) is 4.56. The van der Waals surface area contributed by atoms with Gasteiger partial charge in [-0.2, -0.15) is 0 Å². The van der Waals surface area contributed by atoms with Crippen molar-refractivity contribution in [3.05, 3.63) is 65.0 Å². The van der Waals surface area contributed by atoms with Gasteiger partial charge in [-0.25, -0.2) is 9.97 Å². The number of carbonyl (C=O) groups excluding carboxylic acids is 1. The number of amides is 1. The monoisotopic (exact) mass is 460 g/mol. The molecule has 8 heteroatoms. The molecular weight excluding hydrogens is 435 g/mol.